The van der Waals surface area contributed by atoms with E-state index >= 15 is 0 Å². The number of likely N-dealkylation sites (N-methyl/N-ethyl adjacent to an activating group) is 1. The van der Waals surface area contributed by atoms with Crippen LogP contribution >= 0.6 is 0 Å². The van der Waals surface area contributed by atoms with Crippen LogP contribution in [0.4, 0.5) is 0 Å². The van der Waals surface area contributed by atoms with Gasteiger partial charge in [0.05, 0.1) is 6.10 Å². The summed E-state index contributed by atoms with van der Waals surface area (Å²) < 4.78 is 0. The van der Waals surface area contributed by atoms with E-state index < -0.39 is 0 Å². The van der Waals surface area contributed by atoms with Crippen molar-refractivity contribution in [3.05, 3.63) is 0 Å². The van der Waals surface area contributed by atoms with Crippen LogP contribution in [0.25, 0.3) is 0 Å². The van der Waals surface area contributed by atoms with Gasteiger partial charge in [0.1, 0.15) is 0 Å². The Bertz CT molecular complexity index is 96.5. The lowest BCUT2D eigenvalue weighted by atomic mass is 10.2. The number of aliphatic hydroxyl groups is 2. The van der Waals surface area contributed by atoms with Gasteiger partial charge in [-0.15, -0.1) is 0 Å². The minimum absolute atomic E-state index is 0.243. The van der Waals surface area contributed by atoms with E-state index in [2.05, 4.69) is 4.90 Å². The molecule has 0 radical (unpaired) electrons. The van der Waals surface area contributed by atoms with E-state index in [4.69, 9.17) is 10.2 Å². The molecule has 0 saturated carbocycles. The average molecular weight is 175 g/mol. The van der Waals surface area contributed by atoms with Crippen LogP contribution in [0.3, 0.4) is 0 Å². The molecule has 0 unspecified atom stereocenters. The first-order valence-electron chi connectivity index (χ1n) is 4.64. The average Bonchev–Trinajstić information content (AvgIpc) is 1.97. The molecule has 0 aliphatic carbocycles. The molecule has 0 aromatic carbocycles. The van der Waals surface area contributed by atoms with Crippen LogP contribution in [0.1, 0.15) is 26.2 Å². The van der Waals surface area contributed by atoms with Crippen molar-refractivity contribution in [1.82, 2.24) is 4.90 Å². The maximum absolute atomic E-state index is 9.04. The van der Waals surface area contributed by atoms with Crippen molar-refractivity contribution in [2.24, 2.45) is 0 Å². The third-order valence-electron chi connectivity index (χ3n) is 1.77. The highest BCUT2D eigenvalue weighted by Crippen LogP contribution is 1.97. The van der Waals surface area contributed by atoms with Gasteiger partial charge in [0.25, 0.3) is 0 Å². The molecule has 0 aliphatic rings. The number of aliphatic hydroxyl groups excluding tert-OH is 2. The SMILES string of the molecule is C[C@H](O)CN(C)CCCCCO. The number of hydrogen-bond donors (Lipinski definition) is 2. The van der Waals surface area contributed by atoms with Crippen LogP contribution in [-0.2, 0) is 0 Å². The lowest BCUT2D eigenvalue weighted by Gasteiger charge is -2.17. The second kappa shape index (κ2) is 7.53. The number of rotatable bonds is 7. The van der Waals surface area contributed by atoms with E-state index in [0.717, 1.165) is 32.4 Å². The number of hydrogen-bond acceptors (Lipinski definition) is 3. The fourth-order valence-corrected chi connectivity index (χ4v) is 1.21. The Morgan fingerprint density at radius 1 is 1.25 bits per heavy atom. The zero-order valence-corrected chi connectivity index (χ0v) is 8.16. The third kappa shape index (κ3) is 7.98. The molecule has 0 fully saturated rings. The minimum Gasteiger partial charge on any atom is -0.396 e. The fraction of sp³-hybridized carbons (Fsp3) is 1.00. The molecule has 1 atom stereocenters. The molecule has 12 heavy (non-hydrogen) atoms. The molecule has 3 heteroatoms. The number of nitrogens with zero attached hydrogens (tertiary/aromatic N) is 1. The maximum atomic E-state index is 9.04. The number of unbranched alkanes of at least 4 members (excludes halogenated alkanes) is 2. The van der Waals surface area contributed by atoms with E-state index in [1.54, 1.807) is 6.92 Å². The van der Waals surface area contributed by atoms with E-state index in [1.165, 1.54) is 0 Å². The summed E-state index contributed by atoms with van der Waals surface area (Å²) in [5.74, 6) is 0. The van der Waals surface area contributed by atoms with Gasteiger partial charge in [-0.3, -0.25) is 0 Å². The summed E-state index contributed by atoms with van der Waals surface area (Å²) in [6, 6.07) is 0. The van der Waals surface area contributed by atoms with Crippen molar-refractivity contribution < 1.29 is 10.2 Å². The quantitative estimate of drug-likeness (QED) is 0.553. The molecular formula is C9H21NO2. The molecule has 0 aliphatic heterocycles. The summed E-state index contributed by atoms with van der Waals surface area (Å²) in [5, 5.41) is 17.6. The van der Waals surface area contributed by atoms with Gasteiger partial charge in [0.2, 0.25) is 0 Å². The molecule has 0 bridgehead atoms. The van der Waals surface area contributed by atoms with E-state index in [0.29, 0.717) is 6.61 Å². The molecule has 74 valence electrons. The zero-order chi connectivity index (χ0) is 9.40. The molecule has 2 N–H and O–H groups in total. The third-order valence-corrected chi connectivity index (χ3v) is 1.77. The molecule has 0 aromatic heterocycles. The topological polar surface area (TPSA) is 43.7 Å². The van der Waals surface area contributed by atoms with Gasteiger partial charge in [-0.05, 0) is 39.8 Å². The predicted octanol–water partition coefficient (Wildman–Crippen LogP) is 0.462. The van der Waals surface area contributed by atoms with Gasteiger partial charge in [-0.25, -0.2) is 0 Å². The van der Waals surface area contributed by atoms with E-state index in [1.807, 2.05) is 7.05 Å². The second-order valence-electron chi connectivity index (χ2n) is 3.40. The Balaban J connectivity index is 3.14. The first-order valence-corrected chi connectivity index (χ1v) is 4.64. The van der Waals surface area contributed by atoms with E-state index in [9.17, 15) is 0 Å². The van der Waals surface area contributed by atoms with Gasteiger partial charge < -0.3 is 15.1 Å². The van der Waals surface area contributed by atoms with Gasteiger partial charge in [-0.1, -0.05) is 0 Å². The Morgan fingerprint density at radius 2 is 1.92 bits per heavy atom. The summed E-state index contributed by atoms with van der Waals surface area (Å²) in [7, 11) is 2.01. The molecule has 0 aromatic rings. The van der Waals surface area contributed by atoms with Crippen LogP contribution in [0.5, 0.6) is 0 Å². The minimum atomic E-state index is -0.243. The van der Waals surface area contributed by atoms with Crippen LogP contribution in [0, 0.1) is 0 Å². The Morgan fingerprint density at radius 3 is 2.42 bits per heavy atom. The summed E-state index contributed by atoms with van der Waals surface area (Å²) in [5.41, 5.74) is 0. The maximum Gasteiger partial charge on any atom is 0.0638 e. The smallest absolute Gasteiger partial charge is 0.0638 e. The standard InChI is InChI=1S/C9H21NO2/c1-9(12)8-10(2)6-4-3-5-7-11/h9,11-12H,3-8H2,1-2H3/t9-/m0/s1. The lowest BCUT2D eigenvalue weighted by Crippen LogP contribution is -2.28. The van der Waals surface area contributed by atoms with Crippen molar-refractivity contribution in [2.75, 3.05) is 26.7 Å². The Labute approximate surface area is 75.0 Å². The largest absolute Gasteiger partial charge is 0.396 e. The summed E-state index contributed by atoms with van der Waals surface area (Å²) >= 11 is 0. The monoisotopic (exact) mass is 175 g/mol. The van der Waals surface area contributed by atoms with Crippen molar-refractivity contribution in [3.63, 3.8) is 0 Å². The van der Waals surface area contributed by atoms with Crippen molar-refractivity contribution >= 4 is 0 Å². The van der Waals surface area contributed by atoms with Crippen LogP contribution < -0.4 is 0 Å². The predicted molar refractivity (Wildman–Crippen MR) is 50.1 cm³/mol. The highest BCUT2D eigenvalue weighted by atomic mass is 16.3. The molecule has 3 nitrogen and oxygen atoms in total. The highest BCUT2D eigenvalue weighted by Gasteiger charge is 2.01. The van der Waals surface area contributed by atoms with Crippen molar-refractivity contribution in [2.45, 2.75) is 32.3 Å². The second-order valence-corrected chi connectivity index (χ2v) is 3.40. The molecule has 0 heterocycles. The summed E-state index contributed by atoms with van der Waals surface area (Å²) in [4.78, 5) is 2.11. The van der Waals surface area contributed by atoms with Crippen molar-refractivity contribution in [1.29, 1.82) is 0 Å². The van der Waals surface area contributed by atoms with E-state index in [-0.39, 0.29) is 6.10 Å². The van der Waals surface area contributed by atoms with Gasteiger partial charge in [0, 0.05) is 13.2 Å². The fourth-order valence-electron chi connectivity index (χ4n) is 1.21. The Hall–Kier alpha value is -0.120. The summed E-state index contributed by atoms with van der Waals surface area (Å²) in [6.07, 6.45) is 2.82. The van der Waals surface area contributed by atoms with Crippen LogP contribution in [-0.4, -0.2) is 48.0 Å². The molecule has 0 amide bonds. The van der Waals surface area contributed by atoms with Gasteiger partial charge in [-0.2, -0.15) is 0 Å². The highest BCUT2D eigenvalue weighted by molar-refractivity contribution is 4.55. The Kier molecular flexibility index (Phi) is 7.45. The molecule has 0 saturated heterocycles. The zero-order valence-electron chi connectivity index (χ0n) is 8.16. The lowest BCUT2D eigenvalue weighted by molar-refractivity contribution is 0.140. The van der Waals surface area contributed by atoms with Crippen molar-refractivity contribution in [3.8, 4) is 0 Å². The molecule has 0 rings (SSSR count). The first kappa shape index (κ1) is 11.9. The summed E-state index contributed by atoms with van der Waals surface area (Å²) in [6.45, 7) is 3.83. The van der Waals surface area contributed by atoms with Crippen LogP contribution in [0.2, 0.25) is 0 Å². The first-order chi connectivity index (χ1) is 5.66. The normalized spacial score (nSPS) is 13.8. The molecule has 0 spiro atoms. The van der Waals surface area contributed by atoms with Gasteiger partial charge >= 0.3 is 0 Å². The van der Waals surface area contributed by atoms with Crippen LogP contribution in [0.15, 0.2) is 0 Å². The van der Waals surface area contributed by atoms with Gasteiger partial charge in [0.15, 0.2) is 0 Å². The molecular weight excluding hydrogens is 154 g/mol.